The molecule has 2 fully saturated rings. The zero-order chi connectivity index (χ0) is 13.9. The number of nitrogens with one attached hydrogen (secondary N) is 1. The zero-order valence-corrected chi connectivity index (χ0v) is 11.8. The van der Waals surface area contributed by atoms with Gasteiger partial charge in [-0.3, -0.25) is 4.79 Å². The number of piperidine rings is 1. The molecule has 3 rings (SSSR count). The number of amides is 1. The second-order valence-electron chi connectivity index (χ2n) is 5.93. The molecule has 3 N–H and O–H groups in total. The van der Waals surface area contributed by atoms with Crippen LogP contribution < -0.4 is 11.1 Å². The van der Waals surface area contributed by atoms with E-state index in [2.05, 4.69) is 17.4 Å². The highest BCUT2D eigenvalue weighted by molar-refractivity contribution is 5.82. The summed E-state index contributed by atoms with van der Waals surface area (Å²) in [6.07, 6.45) is 3.28. The lowest BCUT2D eigenvalue weighted by atomic mass is 9.95. The van der Waals surface area contributed by atoms with Crippen molar-refractivity contribution in [3.05, 3.63) is 35.9 Å². The van der Waals surface area contributed by atoms with Crippen LogP contribution >= 0.6 is 0 Å². The molecule has 1 aromatic rings. The third-order valence-corrected chi connectivity index (χ3v) is 4.51. The SMILES string of the molecule is N[C@@H]1CN(C(=O)[C@@H]2CCCCN2)C[C@H]1c1ccccc1. The minimum atomic E-state index is 0.00507. The van der Waals surface area contributed by atoms with Gasteiger partial charge in [0.1, 0.15) is 0 Å². The lowest BCUT2D eigenvalue weighted by Crippen LogP contribution is -2.48. The number of carbonyl (C=O) groups is 1. The summed E-state index contributed by atoms with van der Waals surface area (Å²) < 4.78 is 0. The molecular formula is C16H23N3O. The summed E-state index contributed by atoms with van der Waals surface area (Å²) in [5.41, 5.74) is 7.50. The van der Waals surface area contributed by atoms with Gasteiger partial charge in [0.05, 0.1) is 6.04 Å². The predicted molar refractivity (Wildman–Crippen MR) is 79.4 cm³/mol. The standard InChI is InChI=1S/C16H23N3O/c17-14-11-19(16(20)15-8-4-5-9-18-15)10-13(14)12-6-2-1-3-7-12/h1-3,6-7,13-15,18H,4-5,8-11,17H2/t13-,14+,15-/m0/s1. The van der Waals surface area contributed by atoms with E-state index in [0.29, 0.717) is 6.54 Å². The molecule has 0 saturated carbocycles. The normalized spacial score (nSPS) is 30.4. The number of rotatable bonds is 2. The van der Waals surface area contributed by atoms with E-state index in [1.807, 2.05) is 23.1 Å². The highest BCUT2D eigenvalue weighted by Gasteiger charge is 2.36. The summed E-state index contributed by atoms with van der Waals surface area (Å²) in [6.45, 7) is 2.39. The van der Waals surface area contributed by atoms with Crippen LogP contribution in [0.1, 0.15) is 30.7 Å². The van der Waals surface area contributed by atoms with E-state index in [1.165, 1.54) is 12.0 Å². The van der Waals surface area contributed by atoms with E-state index < -0.39 is 0 Å². The van der Waals surface area contributed by atoms with Gasteiger partial charge in [0.25, 0.3) is 0 Å². The van der Waals surface area contributed by atoms with Crippen molar-refractivity contribution in [3.63, 3.8) is 0 Å². The van der Waals surface area contributed by atoms with Gasteiger partial charge in [-0.25, -0.2) is 0 Å². The van der Waals surface area contributed by atoms with Crippen LogP contribution in [-0.2, 0) is 4.79 Å². The molecule has 1 amide bonds. The van der Waals surface area contributed by atoms with E-state index in [4.69, 9.17) is 5.73 Å². The molecule has 2 aliphatic heterocycles. The van der Waals surface area contributed by atoms with E-state index >= 15 is 0 Å². The number of nitrogens with zero attached hydrogens (tertiary/aromatic N) is 1. The van der Waals surface area contributed by atoms with Crippen molar-refractivity contribution in [3.8, 4) is 0 Å². The quantitative estimate of drug-likeness (QED) is 0.848. The summed E-state index contributed by atoms with van der Waals surface area (Å²) in [5, 5.41) is 3.33. The van der Waals surface area contributed by atoms with Crippen molar-refractivity contribution in [2.75, 3.05) is 19.6 Å². The summed E-state index contributed by atoms with van der Waals surface area (Å²) in [4.78, 5) is 14.5. The van der Waals surface area contributed by atoms with Gasteiger partial charge >= 0.3 is 0 Å². The van der Waals surface area contributed by atoms with E-state index in [1.54, 1.807) is 0 Å². The van der Waals surface area contributed by atoms with E-state index in [0.717, 1.165) is 25.9 Å². The van der Waals surface area contributed by atoms with Crippen molar-refractivity contribution in [1.29, 1.82) is 0 Å². The number of benzene rings is 1. The Morgan fingerprint density at radius 1 is 1.20 bits per heavy atom. The van der Waals surface area contributed by atoms with Crippen molar-refractivity contribution in [2.45, 2.75) is 37.3 Å². The Morgan fingerprint density at radius 2 is 2.00 bits per heavy atom. The van der Waals surface area contributed by atoms with E-state index in [9.17, 15) is 4.79 Å². The molecule has 0 spiro atoms. The van der Waals surface area contributed by atoms with Gasteiger partial charge in [0.2, 0.25) is 5.91 Å². The van der Waals surface area contributed by atoms with Gasteiger partial charge in [0, 0.05) is 25.0 Å². The number of hydrogen-bond donors (Lipinski definition) is 2. The molecule has 2 saturated heterocycles. The maximum atomic E-state index is 12.5. The molecule has 2 aliphatic rings. The average molecular weight is 273 g/mol. The molecule has 4 heteroatoms. The number of carbonyl (C=O) groups excluding carboxylic acids is 1. The van der Waals surface area contributed by atoms with Crippen molar-refractivity contribution >= 4 is 5.91 Å². The smallest absolute Gasteiger partial charge is 0.239 e. The maximum absolute atomic E-state index is 12.5. The van der Waals surface area contributed by atoms with Gasteiger partial charge in [-0.15, -0.1) is 0 Å². The van der Waals surface area contributed by atoms with Gasteiger partial charge in [-0.05, 0) is 24.9 Å². The third-order valence-electron chi connectivity index (χ3n) is 4.51. The average Bonchev–Trinajstić information content (AvgIpc) is 2.90. The first kappa shape index (κ1) is 13.6. The fourth-order valence-electron chi connectivity index (χ4n) is 3.34. The Hall–Kier alpha value is -1.39. The zero-order valence-electron chi connectivity index (χ0n) is 11.8. The molecule has 4 nitrogen and oxygen atoms in total. The van der Waals surface area contributed by atoms with Crippen LogP contribution in [0.3, 0.4) is 0 Å². The lowest BCUT2D eigenvalue weighted by Gasteiger charge is -2.27. The van der Waals surface area contributed by atoms with E-state index in [-0.39, 0.29) is 23.9 Å². The van der Waals surface area contributed by atoms with Crippen LogP contribution in [0.25, 0.3) is 0 Å². The first-order chi connectivity index (χ1) is 9.75. The Labute approximate surface area is 120 Å². The maximum Gasteiger partial charge on any atom is 0.239 e. The summed E-state index contributed by atoms with van der Waals surface area (Å²) in [6, 6.07) is 10.4. The Morgan fingerprint density at radius 3 is 2.70 bits per heavy atom. The molecular weight excluding hydrogens is 250 g/mol. The predicted octanol–water partition coefficient (Wildman–Crippen LogP) is 1.08. The van der Waals surface area contributed by atoms with Crippen molar-refractivity contribution < 1.29 is 4.79 Å². The fraction of sp³-hybridized carbons (Fsp3) is 0.562. The molecule has 2 heterocycles. The fourth-order valence-corrected chi connectivity index (χ4v) is 3.34. The first-order valence-corrected chi connectivity index (χ1v) is 7.58. The minimum Gasteiger partial charge on any atom is -0.339 e. The molecule has 20 heavy (non-hydrogen) atoms. The van der Waals surface area contributed by atoms with Crippen molar-refractivity contribution in [2.24, 2.45) is 5.73 Å². The molecule has 0 aromatic heterocycles. The van der Waals surface area contributed by atoms with Gasteiger partial charge < -0.3 is 16.0 Å². The van der Waals surface area contributed by atoms with Crippen LogP contribution in [0.15, 0.2) is 30.3 Å². The number of nitrogens with two attached hydrogens (primary N) is 1. The van der Waals surface area contributed by atoms with Crippen LogP contribution in [0.4, 0.5) is 0 Å². The van der Waals surface area contributed by atoms with Crippen LogP contribution in [0.2, 0.25) is 0 Å². The summed E-state index contributed by atoms with van der Waals surface area (Å²) >= 11 is 0. The Kier molecular flexibility index (Phi) is 4.03. The highest BCUT2D eigenvalue weighted by Crippen LogP contribution is 2.27. The third kappa shape index (κ3) is 2.72. The van der Waals surface area contributed by atoms with Crippen molar-refractivity contribution in [1.82, 2.24) is 10.2 Å². The Balaban J connectivity index is 1.67. The molecule has 0 radical (unpaired) electrons. The summed E-state index contributed by atoms with van der Waals surface area (Å²) in [7, 11) is 0. The van der Waals surface area contributed by atoms with Gasteiger partial charge in [-0.2, -0.15) is 0 Å². The topological polar surface area (TPSA) is 58.4 Å². The summed E-state index contributed by atoms with van der Waals surface area (Å²) in [5.74, 6) is 0.502. The van der Waals surface area contributed by atoms with Crippen LogP contribution in [0.5, 0.6) is 0 Å². The second kappa shape index (κ2) is 5.94. The second-order valence-corrected chi connectivity index (χ2v) is 5.93. The number of hydrogen-bond acceptors (Lipinski definition) is 3. The molecule has 0 unspecified atom stereocenters. The van der Waals surface area contributed by atoms with Crippen LogP contribution in [-0.4, -0.2) is 42.5 Å². The van der Waals surface area contributed by atoms with Gasteiger partial charge in [0.15, 0.2) is 0 Å². The highest BCUT2D eigenvalue weighted by atomic mass is 16.2. The lowest BCUT2D eigenvalue weighted by molar-refractivity contribution is -0.133. The number of likely N-dealkylation sites (tertiary alicyclic amines) is 1. The van der Waals surface area contributed by atoms with Gasteiger partial charge in [-0.1, -0.05) is 36.8 Å². The van der Waals surface area contributed by atoms with Crippen LogP contribution in [0, 0.1) is 0 Å². The Bertz CT molecular complexity index is 456. The molecule has 3 atom stereocenters. The molecule has 0 bridgehead atoms. The molecule has 108 valence electrons. The first-order valence-electron chi connectivity index (χ1n) is 7.58. The monoisotopic (exact) mass is 273 g/mol. The molecule has 0 aliphatic carbocycles. The largest absolute Gasteiger partial charge is 0.339 e. The molecule has 1 aromatic carbocycles. The minimum absolute atomic E-state index is 0.00507.